The standard InChI is InChI=1S/C20H22N2O4S/c1-3-26-17-7-5-4-6-16(17)22-19(24)13-27-20(22)14-8-10-15(11-9-14)21-18(23)12-25-2/h4-11,20H,3,12-13H2,1-2H3,(H,21,23)/t20-/m1/s1. The van der Waals surface area contributed by atoms with Crippen LogP contribution in [0, 0.1) is 0 Å². The summed E-state index contributed by atoms with van der Waals surface area (Å²) in [5, 5.41) is 2.63. The minimum Gasteiger partial charge on any atom is -0.492 e. The molecule has 0 aromatic heterocycles. The average molecular weight is 386 g/mol. The van der Waals surface area contributed by atoms with E-state index in [0.717, 1.165) is 11.3 Å². The highest BCUT2D eigenvalue weighted by Crippen LogP contribution is 2.44. The number of para-hydroxylation sites is 2. The predicted octanol–water partition coefficient (Wildman–Crippen LogP) is 3.45. The Kier molecular flexibility index (Phi) is 6.36. The van der Waals surface area contributed by atoms with Gasteiger partial charge >= 0.3 is 0 Å². The maximum Gasteiger partial charge on any atom is 0.250 e. The molecule has 6 nitrogen and oxygen atoms in total. The summed E-state index contributed by atoms with van der Waals surface area (Å²) in [6.45, 7) is 2.47. The molecule has 1 fully saturated rings. The molecule has 1 saturated heterocycles. The highest BCUT2D eigenvalue weighted by Gasteiger charge is 2.35. The first kappa shape index (κ1) is 19.3. The number of hydrogen-bond donors (Lipinski definition) is 1. The van der Waals surface area contributed by atoms with Crippen LogP contribution in [0.25, 0.3) is 0 Å². The molecule has 0 radical (unpaired) electrons. The first-order valence-electron chi connectivity index (χ1n) is 8.68. The lowest BCUT2D eigenvalue weighted by Crippen LogP contribution is -2.28. The maximum atomic E-state index is 12.6. The number of carbonyl (C=O) groups excluding carboxylic acids is 2. The number of hydrogen-bond acceptors (Lipinski definition) is 5. The fourth-order valence-corrected chi connectivity index (χ4v) is 4.09. The minimum atomic E-state index is -0.206. The molecular weight excluding hydrogens is 364 g/mol. The van der Waals surface area contributed by atoms with Crippen LogP contribution < -0.4 is 15.0 Å². The lowest BCUT2D eigenvalue weighted by molar-refractivity contribution is -0.119. The third-order valence-corrected chi connectivity index (χ3v) is 5.26. The third kappa shape index (κ3) is 4.43. The van der Waals surface area contributed by atoms with Crippen molar-refractivity contribution in [2.24, 2.45) is 0 Å². The topological polar surface area (TPSA) is 67.9 Å². The van der Waals surface area contributed by atoms with Gasteiger partial charge in [0.15, 0.2) is 0 Å². The number of nitrogens with one attached hydrogen (secondary N) is 1. The Balaban J connectivity index is 1.83. The second-order valence-corrected chi connectivity index (χ2v) is 7.00. The number of methoxy groups -OCH3 is 1. The van der Waals surface area contributed by atoms with Crippen LogP contribution in [0.2, 0.25) is 0 Å². The fraction of sp³-hybridized carbons (Fsp3) is 0.300. The summed E-state index contributed by atoms with van der Waals surface area (Å²) < 4.78 is 10.5. The number of amides is 2. The molecule has 7 heteroatoms. The highest BCUT2D eigenvalue weighted by molar-refractivity contribution is 8.00. The first-order valence-corrected chi connectivity index (χ1v) is 9.73. The van der Waals surface area contributed by atoms with Crippen molar-refractivity contribution in [2.45, 2.75) is 12.3 Å². The summed E-state index contributed by atoms with van der Waals surface area (Å²) >= 11 is 1.57. The summed E-state index contributed by atoms with van der Waals surface area (Å²) in [5.74, 6) is 0.958. The summed E-state index contributed by atoms with van der Waals surface area (Å²) in [5.41, 5.74) is 2.45. The van der Waals surface area contributed by atoms with E-state index in [9.17, 15) is 9.59 Å². The average Bonchev–Trinajstić information content (AvgIpc) is 3.05. The number of carbonyl (C=O) groups is 2. The van der Waals surface area contributed by atoms with Gasteiger partial charge < -0.3 is 14.8 Å². The van der Waals surface area contributed by atoms with Crippen molar-refractivity contribution in [3.8, 4) is 5.75 Å². The van der Waals surface area contributed by atoms with E-state index in [2.05, 4.69) is 5.32 Å². The van der Waals surface area contributed by atoms with Gasteiger partial charge in [-0.15, -0.1) is 11.8 Å². The number of thioether (sulfide) groups is 1. The maximum absolute atomic E-state index is 12.6. The van der Waals surface area contributed by atoms with Crippen LogP contribution in [-0.4, -0.2) is 37.9 Å². The number of rotatable bonds is 7. The SMILES string of the molecule is CCOc1ccccc1N1C(=O)CS[C@@H]1c1ccc(NC(=O)COC)cc1. The van der Waals surface area contributed by atoms with E-state index >= 15 is 0 Å². The molecule has 2 aromatic rings. The molecule has 0 saturated carbocycles. The lowest BCUT2D eigenvalue weighted by Gasteiger charge is -2.26. The van der Waals surface area contributed by atoms with Crippen molar-refractivity contribution in [3.63, 3.8) is 0 Å². The van der Waals surface area contributed by atoms with Gasteiger partial charge in [0.1, 0.15) is 17.7 Å². The van der Waals surface area contributed by atoms with E-state index in [0.29, 0.717) is 23.8 Å². The number of nitrogens with zero attached hydrogens (tertiary/aromatic N) is 1. The monoisotopic (exact) mass is 386 g/mol. The molecule has 0 aliphatic carbocycles. The van der Waals surface area contributed by atoms with Crippen molar-refractivity contribution >= 4 is 35.0 Å². The smallest absolute Gasteiger partial charge is 0.250 e. The molecule has 0 bridgehead atoms. The van der Waals surface area contributed by atoms with Gasteiger partial charge in [0, 0.05) is 12.8 Å². The quantitative estimate of drug-likeness (QED) is 0.789. The van der Waals surface area contributed by atoms with Crippen LogP contribution in [-0.2, 0) is 14.3 Å². The van der Waals surface area contributed by atoms with E-state index < -0.39 is 0 Å². The summed E-state index contributed by atoms with van der Waals surface area (Å²) in [6, 6.07) is 15.1. The van der Waals surface area contributed by atoms with Gasteiger partial charge in [-0.05, 0) is 36.8 Å². The molecule has 2 amide bonds. The molecule has 1 N–H and O–H groups in total. The van der Waals surface area contributed by atoms with Gasteiger partial charge in [-0.2, -0.15) is 0 Å². The van der Waals surface area contributed by atoms with Crippen LogP contribution >= 0.6 is 11.8 Å². The van der Waals surface area contributed by atoms with E-state index in [-0.39, 0.29) is 23.8 Å². The second-order valence-electron chi connectivity index (χ2n) is 5.93. The van der Waals surface area contributed by atoms with Crippen LogP contribution in [0.1, 0.15) is 17.9 Å². The zero-order valence-corrected chi connectivity index (χ0v) is 16.1. The Morgan fingerprint density at radius 1 is 1.22 bits per heavy atom. The van der Waals surface area contributed by atoms with Crippen LogP contribution in [0.3, 0.4) is 0 Å². The highest BCUT2D eigenvalue weighted by atomic mass is 32.2. The Morgan fingerprint density at radius 2 is 1.96 bits per heavy atom. The molecular formula is C20H22N2O4S. The van der Waals surface area contributed by atoms with Gasteiger partial charge in [-0.25, -0.2) is 0 Å². The van der Waals surface area contributed by atoms with Gasteiger partial charge in [0.2, 0.25) is 11.8 Å². The minimum absolute atomic E-state index is 0.0106. The first-order chi connectivity index (χ1) is 13.1. The Hall–Kier alpha value is -2.51. The van der Waals surface area contributed by atoms with E-state index in [1.807, 2.05) is 55.5 Å². The van der Waals surface area contributed by atoms with Crippen molar-refractivity contribution in [3.05, 3.63) is 54.1 Å². The molecule has 1 aliphatic rings. The van der Waals surface area contributed by atoms with Crippen LogP contribution in [0.5, 0.6) is 5.75 Å². The van der Waals surface area contributed by atoms with E-state index in [4.69, 9.17) is 9.47 Å². The number of ether oxygens (including phenoxy) is 2. The second kappa shape index (κ2) is 8.92. The summed E-state index contributed by atoms with van der Waals surface area (Å²) in [6.07, 6.45) is 0. The molecule has 1 heterocycles. The molecule has 0 unspecified atom stereocenters. The molecule has 2 aromatic carbocycles. The van der Waals surface area contributed by atoms with Crippen molar-refractivity contribution in [1.82, 2.24) is 0 Å². The fourth-order valence-electron chi connectivity index (χ4n) is 2.92. The zero-order valence-electron chi connectivity index (χ0n) is 15.3. The van der Waals surface area contributed by atoms with Crippen LogP contribution in [0.15, 0.2) is 48.5 Å². The van der Waals surface area contributed by atoms with Gasteiger partial charge in [-0.1, -0.05) is 24.3 Å². The Labute approximate surface area is 162 Å². The van der Waals surface area contributed by atoms with Crippen molar-refractivity contribution in [2.75, 3.05) is 36.3 Å². The van der Waals surface area contributed by atoms with Crippen LogP contribution in [0.4, 0.5) is 11.4 Å². The third-order valence-electron chi connectivity index (χ3n) is 4.05. The number of anilines is 2. The van der Waals surface area contributed by atoms with Crippen molar-refractivity contribution in [1.29, 1.82) is 0 Å². The number of benzene rings is 2. The largest absolute Gasteiger partial charge is 0.492 e. The van der Waals surface area contributed by atoms with Crippen molar-refractivity contribution < 1.29 is 19.1 Å². The van der Waals surface area contributed by atoms with Gasteiger partial charge in [0.25, 0.3) is 0 Å². The molecule has 1 atom stereocenters. The molecule has 27 heavy (non-hydrogen) atoms. The molecule has 142 valence electrons. The Bertz CT molecular complexity index is 810. The van der Waals surface area contributed by atoms with E-state index in [1.54, 1.807) is 16.7 Å². The lowest BCUT2D eigenvalue weighted by atomic mass is 10.1. The predicted molar refractivity (Wildman–Crippen MR) is 107 cm³/mol. The molecule has 3 rings (SSSR count). The van der Waals surface area contributed by atoms with Gasteiger partial charge in [-0.3, -0.25) is 14.5 Å². The normalized spacial score (nSPS) is 16.4. The summed E-state index contributed by atoms with van der Waals surface area (Å²) in [4.78, 5) is 26.0. The van der Waals surface area contributed by atoms with Gasteiger partial charge in [0.05, 0.1) is 18.0 Å². The molecule has 0 spiro atoms. The van der Waals surface area contributed by atoms with E-state index in [1.165, 1.54) is 7.11 Å². The Morgan fingerprint density at radius 3 is 2.67 bits per heavy atom. The summed E-state index contributed by atoms with van der Waals surface area (Å²) in [7, 11) is 1.48. The zero-order chi connectivity index (χ0) is 19.2. The molecule has 1 aliphatic heterocycles.